The summed E-state index contributed by atoms with van der Waals surface area (Å²) >= 11 is 0. The third-order valence-corrected chi connectivity index (χ3v) is 3.12. The van der Waals surface area contributed by atoms with Gasteiger partial charge in [-0.15, -0.1) is 0 Å². The molecule has 7 nitrogen and oxygen atoms in total. The quantitative estimate of drug-likeness (QED) is 0.685. The maximum absolute atomic E-state index is 12.1. The standard InChI is InChI=1S/C16H20N4O3/c1-2-23-11-14(21)19-13-10-18-20-15(13)16(22)17-9-8-12-6-4-3-5-7-12/h3-7,10H,2,8-9,11H2,1H3,(H,17,22)(H,18,20)(H,19,21). The number of nitrogens with one attached hydrogen (secondary N) is 3. The molecule has 1 aromatic heterocycles. The van der Waals surface area contributed by atoms with E-state index in [0.29, 0.717) is 18.8 Å². The molecule has 0 aliphatic heterocycles. The van der Waals surface area contributed by atoms with Crippen molar-refractivity contribution in [2.45, 2.75) is 13.3 Å². The Balaban J connectivity index is 1.85. The van der Waals surface area contributed by atoms with E-state index in [1.807, 2.05) is 30.3 Å². The summed E-state index contributed by atoms with van der Waals surface area (Å²) in [6.45, 7) is 2.69. The molecule has 0 radical (unpaired) electrons. The van der Waals surface area contributed by atoms with Crippen LogP contribution in [0.1, 0.15) is 23.0 Å². The molecule has 3 N–H and O–H groups in total. The second-order valence-electron chi connectivity index (χ2n) is 4.84. The molecule has 0 spiro atoms. The lowest BCUT2D eigenvalue weighted by atomic mass is 10.1. The number of carbonyl (C=O) groups excluding carboxylic acids is 2. The predicted molar refractivity (Wildman–Crippen MR) is 86.2 cm³/mol. The van der Waals surface area contributed by atoms with Crippen molar-refractivity contribution in [3.63, 3.8) is 0 Å². The van der Waals surface area contributed by atoms with Gasteiger partial charge in [-0.05, 0) is 18.9 Å². The number of anilines is 1. The largest absolute Gasteiger partial charge is 0.372 e. The van der Waals surface area contributed by atoms with Crippen molar-refractivity contribution in [1.82, 2.24) is 15.5 Å². The molecular weight excluding hydrogens is 296 g/mol. The lowest BCUT2D eigenvalue weighted by Gasteiger charge is -2.07. The van der Waals surface area contributed by atoms with Gasteiger partial charge in [-0.25, -0.2) is 0 Å². The fourth-order valence-electron chi connectivity index (χ4n) is 1.99. The summed E-state index contributed by atoms with van der Waals surface area (Å²) in [5, 5.41) is 11.8. The Bertz CT molecular complexity index is 640. The minimum absolute atomic E-state index is 0.0588. The maximum Gasteiger partial charge on any atom is 0.271 e. The van der Waals surface area contributed by atoms with E-state index in [1.54, 1.807) is 6.92 Å². The number of carbonyl (C=O) groups is 2. The zero-order valence-electron chi connectivity index (χ0n) is 13.0. The van der Waals surface area contributed by atoms with Gasteiger partial charge in [0.25, 0.3) is 5.91 Å². The van der Waals surface area contributed by atoms with Crippen molar-refractivity contribution in [1.29, 1.82) is 0 Å². The summed E-state index contributed by atoms with van der Waals surface area (Å²) in [6.07, 6.45) is 2.13. The first kappa shape index (κ1) is 16.7. The highest BCUT2D eigenvalue weighted by Crippen LogP contribution is 2.11. The summed E-state index contributed by atoms with van der Waals surface area (Å²) < 4.78 is 5.02. The number of benzene rings is 1. The fraction of sp³-hybridized carbons (Fsp3) is 0.312. The molecule has 0 aliphatic rings. The predicted octanol–water partition coefficient (Wildman–Crippen LogP) is 1.36. The SMILES string of the molecule is CCOCC(=O)Nc1cn[nH]c1C(=O)NCCc1ccccc1. The topological polar surface area (TPSA) is 96.1 Å². The van der Waals surface area contributed by atoms with Crippen LogP contribution in [0.15, 0.2) is 36.5 Å². The van der Waals surface area contributed by atoms with Crippen LogP contribution in [0.3, 0.4) is 0 Å². The number of rotatable bonds is 8. The van der Waals surface area contributed by atoms with Crippen molar-refractivity contribution < 1.29 is 14.3 Å². The van der Waals surface area contributed by atoms with Gasteiger partial charge in [0.05, 0.1) is 11.9 Å². The van der Waals surface area contributed by atoms with E-state index >= 15 is 0 Å². The molecular formula is C16H20N4O3. The Hall–Kier alpha value is -2.67. The molecule has 7 heteroatoms. The number of aromatic nitrogens is 2. The summed E-state index contributed by atoms with van der Waals surface area (Å²) in [6, 6.07) is 9.86. The van der Waals surface area contributed by atoms with Crippen molar-refractivity contribution in [3.8, 4) is 0 Å². The molecule has 0 atom stereocenters. The highest BCUT2D eigenvalue weighted by molar-refractivity contribution is 6.02. The molecule has 23 heavy (non-hydrogen) atoms. The molecule has 2 aromatic rings. The van der Waals surface area contributed by atoms with Gasteiger partial charge in [0, 0.05) is 13.2 Å². The summed E-state index contributed by atoms with van der Waals surface area (Å²) in [4.78, 5) is 23.8. The Morgan fingerprint density at radius 2 is 2.04 bits per heavy atom. The second-order valence-corrected chi connectivity index (χ2v) is 4.84. The van der Waals surface area contributed by atoms with Gasteiger partial charge in [-0.3, -0.25) is 14.7 Å². The summed E-state index contributed by atoms with van der Waals surface area (Å²) in [7, 11) is 0. The van der Waals surface area contributed by atoms with E-state index in [-0.39, 0.29) is 24.1 Å². The molecule has 0 fully saturated rings. The smallest absolute Gasteiger partial charge is 0.271 e. The van der Waals surface area contributed by atoms with Crippen LogP contribution >= 0.6 is 0 Å². The van der Waals surface area contributed by atoms with E-state index in [2.05, 4.69) is 20.8 Å². The Labute approximate surface area is 134 Å². The van der Waals surface area contributed by atoms with E-state index < -0.39 is 0 Å². The lowest BCUT2D eigenvalue weighted by molar-refractivity contribution is -0.120. The highest BCUT2D eigenvalue weighted by atomic mass is 16.5. The molecule has 0 bridgehead atoms. The molecule has 1 aromatic carbocycles. The second kappa shape index (κ2) is 8.70. The third-order valence-electron chi connectivity index (χ3n) is 3.12. The van der Waals surface area contributed by atoms with Crippen LogP contribution in [0.4, 0.5) is 5.69 Å². The van der Waals surface area contributed by atoms with Crippen LogP contribution in [-0.2, 0) is 16.0 Å². The van der Waals surface area contributed by atoms with E-state index in [4.69, 9.17) is 4.74 Å². The number of hydrogen-bond acceptors (Lipinski definition) is 4. The minimum atomic E-state index is -0.327. The number of ether oxygens (including phenoxy) is 1. The van der Waals surface area contributed by atoms with Gasteiger partial charge >= 0.3 is 0 Å². The number of hydrogen-bond donors (Lipinski definition) is 3. The van der Waals surface area contributed by atoms with Crippen LogP contribution < -0.4 is 10.6 Å². The Morgan fingerprint density at radius 1 is 1.26 bits per heavy atom. The van der Waals surface area contributed by atoms with Gasteiger partial charge in [0.1, 0.15) is 12.3 Å². The molecule has 1 heterocycles. The average Bonchev–Trinajstić information content (AvgIpc) is 3.02. The summed E-state index contributed by atoms with van der Waals surface area (Å²) in [5.41, 5.74) is 1.71. The fourth-order valence-corrected chi connectivity index (χ4v) is 1.99. The molecule has 2 amide bonds. The van der Waals surface area contributed by atoms with Crippen molar-refractivity contribution in [3.05, 3.63) is 47.8 Å². The van der Waals surface area contributed by atoms with Crippen molar-refractivity contribution in [2.75, 3.05) is 25.1 Å². The molecule has 0 unspecified atom stereocenters. The van der Waals surface area contributed by atoms with Crippen LogP contribution in [0.2, 0.25) is 0 Å². The van der Waals surface area contributed by atoms with Crippen LogP contribution in [-0.4, -0.2) is 41.8 Å². The monoisotopic (exact) mass is 316 g/mol. The van der Waals surface area contributed by atoms with E-state index in [1.165, 1.54) is 6.20 Å². The first-order chi connectivity index (χ1) is 11.2. The number of nitrogens with zero attached hydrogens (tertiary/aromatic N) is 1. The van der Waals surface area contributed by atoms with Gasteiger partial charge in [0.15, 0.2) is 0 Å². The first-order valence-electron chi connectivity index (χ1n) is 7.43. The third kappa shape index (κ3) is 5.23. The van der Waals surface area contributed by atoms with Gasteiger partial charge < -0.3 is 15.4 Å². The Morgan fingerprint density at radius 3 is 2.78 bits per heavy atom. The van der Waals surface area contributed by atoms with Gasteiger partial charge in [-0.2, -0.15) is 5.10 Å². The zero-order valence-corrected chi connectivity index (χ0v) is 13.0. The normalized spacial score (nSPS) is 10.3. The number of amides is 2. The number of H-pyrrole nitrogens is 1. The Kier molecular flexibility index (Phi) is 6.31. The molecule has 0 aliphatic carbocycles. The van der Waals surface area contributed by atoms with Crippen molar-refractivity contribution >= 4 is 17.5 Å². The maximum atomic E-state index is 12.1. The van der Waals surface area contributed by atoms with Gasteiger partial charge in [-0.1, -0.05) is 30.3 Å². The molecule has 122 valence electrons. The molecule has 0 saturated heterocycles. The lowest BCUT2D eigenvalue weighted by Crippen LogP contribution is -2.27. The zero-order chi connectivity index (χ0) is 16.5. The minimum Gasteiger partial charge on any atom is -0.372 e. The van der Waals surface area contributed by atoms with Gasteiger partial charge in [0.2, 0.25) is 5.91 Å². The van der Waals surface area contributed by atoms with Crippen molar-refractivity contribution in [2.24, 2.45) is 0 Å². The summed E-state index contributed by atoms with van der Waals surface area (Å²) in [5.74, 6) is -0.642. The van der Waals surface area contributed by atoms with Crippen LogP contribution in [0.5, 0.6) is 0 Å². The first-order valence-corrected chi connectivity index (χ1v) is 7.43. The molecule has 0 saturated carbocycles. The van der Waals surface area contributed by atoms with Crippen LogP contribution in [0, 0.1) is 0 Å². The average molecular weight is 316 g/mol. The van der Waals surface area contributed by atoms with Crippen LogP contribution in [0.25, 0.3) is 0 Å². The molecule has 2 rings (SSSR count). The number of aromatic amines is 1. The van der Waals surface area contributed by atoms with E-state index in [9.17, 15) is 9.59 Å². The highest BCUT2D eigenvalue weighted by Gasteiger charge is 2.15. The van der Waals surface area contributed by atoms with E-state index in [0.717, 1.165) is 12.0 Å².